The zero-order chi connectivity index (χ0) is 26.0. The Bertz CT molecular complexity index is 1240. The van der Waals surface area contributed by atoms with Gasteiger partial charge in [-0.1, -0.05) is 16.9 Å². The van der Waals surface area contributed by atoms with E-state index in [0.29, 0.717) is 23.0 Å². The molecule has 0 spiro atoms. The number of nitrogens with one attached hydrogen (secondary N) is 1. The van der Waals surface area contributed by atoms with Gasteiger partial charge >= 0.3 is 5.97 Å². The highest BCUT2D eigenvalue weighted by Crippen LogP contribution is 2.41. The molecule has 6 N–H and O–H groups in total. The standard InChI is InChI=1S/C17H21N11O5S3/c1-6(3-18)28-17(22-25-26-28)35-5-7-4-34-14-9(13(30)27(14)10(7)15(31)32)20-12(29)8(23-33-2)11-21-16(19)36-24-11/h6,9,14H,3-5,18H2,1-2H3,(H,20,29)(H,31,32)(H2,19,21,24)/b23-8+/t6?,9?,14-/m1/s1. The number of carboxylic acids is 1. The lowest BCUT2D eigenvalue weighted by atomic mass is 10.0. The number of nitrogens with two attached hydrogens (primary N) is 2. The number of carbonyl (C=O) groups is 3. The zero-order valence-corrected chi connectivity index (χ0v) is 21.3. The third-order valence-electron chi connectivity index (χ3n) is 5.18. The second-order valence-electron chi connectivity index (χ2n) is 7.48. The molecule has 36 heavy (non-hydrogen) atoms. The van der Waals surface area contributed by atoms with Gasteiger partial charge in [0.15, 0.2) is 5.13 Å². The molecule has 4 heterocycles. The number of carboxylic acid groups (broad SMARTS) is 1. The summed E-state index contributed by atoms with van der Waals surface area (Å²) in [5.41, 5.74) is 11.4. The fourth-order valence-electron chi connectivity index (χ4n) is 3.42. The fraction of sp³-hybridized carbons (Fsp3) is 0.471. The number of hydrogen-bond donors (Lipinski definition) is 4. The number of anilines is 1. The fourth-order valence-corrected chi connectivity index (χ4v) is 6.31. The molecule has 0 aliphatic carbocycles. The molecule has 0 radical (unpaired) electrons. The summed E-state index contributed by atoms with van der Waals surface area (Å²) in [5.74, 6) is -2.03. The number of aromatic nitrogens is 6. The normalized spacial score (nSPS) is 20.6. The maximum atomic E-state index is 13.0. The van der Waals surface area contributed by atoms with Crippen LogP contribution in [0.3, 0.4) is 0 Å². The van der Waals surface area contributed by atoms with Crippen molar-refractivity contribution in [3.63, 3.8) is 0 Å². The van der Waals surface area contributed by atoms with E-state index in [1.54, 1.807) is 4.68 Å². The van der Waals surface area contributed by atoms with Crippen LogP contribution >= 0.6 is 35.1 Å². The quantitative estimate of drug-likeness (QED) is 0.113. The number of amides is 2. The molecule has 0 bridgehead atoms. The van der Waals surface area contributed by atoms with Gasteiger partial charge in [-0.15, -0.1) is 16.9 Å². The Morgan fingerprint density at radius 2 is 2.22 bits per heavy atom. The van der Waals surface area contributed by atoms with Gasteiger partial charge in [0, 0.05) is 29.6 Å². The van der Waals surface area contributed by atoms with Crippen molar-refractivity contribution in [2.45, 2.75) is 29.5 Å². The minimum Gasteiger partial charge on any atom is -0.477 e. The van der Waals surface area contributed by atoms with Gasteiger partial charge in [-0.2, -0.15) is 9.36 Å². The van der Waals surface area contributed by atoms with Crippen LogP contribution in [0.2, 0.25) is 0 Å². The third kappa shape index (κ3) is 4.86. The van der Waals surface area contributed by atoms with Crippen molar-refractivity contribution in [3.05, 3.63) is 17.1 Å². The minimum absolute atomic E-state index is 0.0477. The van der Waals surface area contributed by atoms with Gasteiger partial charge < -0.3 is 26.7 Å². The summed E-state index contributed by atoms with van der Waals surface area (Å²) in [6.07, 6.45) is 0. The van der Waals surface area contributed by atoms with Crippen LogP contribution in [-0.4, -0.2) is 99.6 Å². The molecule has 0 saturated carbocycles. The van der Waals surface area contributed by atoms with Crippen LogP contribution in [0.15, 0.2) is 21.6 Å². The van der Waals surface area contributed by atoms with Crippen LogP contribution in [0.5, 0.6) is 0 Å². The highest BCUT2D eigenvalue weighted by Gasteiger charge is 2.54. The predicted molar refractivity (Wildman–Crippen MR) is 130 cm³/mol. The molecular formula is C17H21N11O5S3. The molecule has 4 rings (SSSR count). The molecule has 3 atom stereocenters. The van der Waals surface area contributed by atoms with Gasteiger partial charge in [0.1, 0.15) is 24.2 Å². The summed E-state index contributed by atoms with van der Waals surface area (Å²) >= 11 is 3.45. The topological polar surface area (TPSA) is 230 Å². The second kappa shape index (κ2) is 10.8. The lowest BCUT2D eigenvalue weighted by molar-refractivity contribution is -0.150. The average Bonchev–Trinajstić information content (AvgIpc) is 3.51. The molecule has 19 heteroatoms. The third-order valence-corrected chi connectivity index (χ3v) is 8.09. The van der Waals surface area contributed by atoms with Crippen molar-refractivity contribution in [1.82, 2.24) is 39.8 Å². The molecule has 2 amide bonds. The maximum Gasteiger partial charge on any atom is 0.352 e. The first-order valence-electron chi connectivity index (χ1n) is 10.3. The molecule has 2 aliphatic heterocycles. The predicted octanol–water partition coefficient (Wildman–Crippen LogP) is -1.49. The Balaban J connectivity index is 1.49. The zero-order valence-electron chi connectivity index (χ0n) is 18.9. The van der Waals surface area contributed by atoms with Crippen LogP contribution < -0.4 is 16.8 Å². The maximum absolute atomic E-state index is 13.0. The van der Waals surface area contributed by atoms with Crippen molar-refractivity contribution in [1.29, 1.82) is 0 Å². The molecule has 2 aliphatic rings. The molecule has 0 aromatic carbocycles. The van der Waals surface area contributed by atoms with Crippen LogP contribution in [0.4, 0.5) is 5.13 Å². The van der Waals surface area contributed by atoms with Crippen LogP contribution in [-0.2, 0) is 19.2 Å². The molecule has 2 aromatic heterocycles. The Morgan fingerprint density at radius 3 is 2.86 bits per heavy atom. The molecule has 1 fully saturated rings. The van der Waals surface area contributed by atoms with E-state index in [1.807, 2.05) is 6.92 Å². The number of rotatable bonds is 10. The van der Waals surface area contributed by atoms with Crippen LogP contribution in [0.1, 0.15) is 18.8 Å². The number of thioether (sulfide) groups is 2. The SMILES string of the molecule is CO/N=C(/C(=O)NC1C(=O)N2C(C(=O)O)=C(CSc3nnnn3C(C)CN)CS[C@H]12)c1nsc(N)n1. The number of nitrogen functional groups attached to an aromatic ring is 1. The van der Waals surface area contributed by atoms with E-state index in [1.165, 1.54) is 35.5 Å². The van der Waals surface area contributed by atoms with Crippen molar-refractivity contribution in [3.8, 4) is 0 Å². The van der Waals surface area contributed by atoms with Gasteiger partial charge in [-0.3, -0.25) is 14.5 Å². The number of carbonyl (C=O) groups excluding carboxylic acids is 2. The highest BCUT2D eigenvalue weighted by atomic mass is 32.2. The Hall–Kier alpha value is -3.29. The number of fused-ring (bicyclic) bond motifs is 1. The monoisotopic (exact) mass is 555 g/mol. The van der Waals surface area contributed by atoms with Gasteiger partial charge in [0.2, 0.25) is 16.7 Å². The van der Waals surface area contributed by atoms with E-state index in [0.717, 1.165) is 11.5 Å². The van der Waals surface area contributed by atoms with Gasteiger partial charge in [-0.05, 0) is 22.9 Å². The Labute approximate surface area is 216 Å². The van der Waals surface area contributed by atoms with Crippen molar-refractivity contribution in [2.75, 3.05) is 30.9 Å². The summed E-state index contributed by atoms with van der Waals surface area (Å²) in [7, 11) is 1.24. The van der Waals surface area contributed by atoms with Gasteiger partial charge in [0.25, 0.3) is 11.8 Å². The number of aliphatic carboxylic acids is 1. The number of oxime groups is 1. The van der Waals surface area contributed by atoms with Crippen LogP contribution in [0.25, 0.3) is 0 Å². The van der Waals surface area contributed by atoms with Gasteiger partial charge in [-0.25, -0.2) is 9.48 Å². The first kappa shape index (κ1) is 25.8. The van der Waals surface area contributed by atoms with Crippen LogP contribution in [0, 0.1) is 0 Å². The van der Waals surface area contributed by atoms with E-state index in [-0.39, 0.29) is 34.2 Å². The molecule has 2 unspecified atom stereocenters. The lowest BCUT2D eigenvalue weighted by Crippen LogP contribution is -2.71. The first-order valence-corrected chi connectivity index (χ1v) is 13.1. The van der Waals surface area contributed by atoms with Crippen molar-refractivity contribution in [2.24, 2.45) is 10.9 Å². The molecule has 2 aromatic rings. The largest absolute Gasteiger partial charge is 0.477 e. The number of tetrazole rings is 1. The summed E-state index contributed by atoms with van der Waals surface area (Å²) < 4.78 is 5.50. The average molecular weight is 556 g/mol. The molecule has 16 nitrogen and oxygen atoms in total. The van der Waals surface area contributed by atoms with E-state index >= 15 is 0 Å². The Kier molecular flexibility index (Phi) is 7.71. The summed E-state index contributed by atoms with van der Waals surface area (Å²) in [4.78, 5) is 47.7. The van der Waals surface area contributed by atoms with Crippen molar-refractivity contribution >= 4 is 63.7 Å². The Morgan fingerprint density at radius 1 is 1.44 bits per heavy atom. The molecule has 192 valence electrons. The number of β-lactam (4-membered cyclic amide) rings is 1. The van der Waals surface area contributed by atoms with Gasteiger partial charge in [0.05, 0.1) is 6.04 Å². The highest BCUT2D eigenvalue weighted by molar-refractivity contribution is 8.01. The minimum atomic E-state index is -1.24. The van der Waals surface area contributed by atoms with E-state index in [4.69, 9.17) is 16.3 Å². The first-order chi connectivity index (χ1) is 17.3. The summed E-state index contributed by atoms with van der Waals surface area (Å²) in [6, 6.07) is -1.11. The van der Waals surface area contributed by atoms with Crippen molar-refractivity contribution < 1.29 is 24.3 Å². The van der Waals surface area contributed by atoms with E-state index in [9.17, 15) is 19.5 Å². The van der Waals surface area contributed by atoms with E-state index in [2.05, 4.69) is 35.4 Å². The number of nitrogens with zero attached hydrogens (tertiary/aromatic N) is 8. The summed E-state index contributed by atoms with van der Waals surface area (Å²) in [5, 5.41) is 27.7. The second-order valence-corrected chi connectivity index (χ2v) is 10.3. The lowest BCUT2D eigenvalue weighted by Gasteiger charge is -2.49. The smallest absolute Gasteiger partial charge is 0.352 e. The molecule has 1 saturated heterocycles. The molecular weight excluding hydrogens is 534 g/mol. The summed E-state index contributed by atoms with van der Waals surface area (Å²) in [6.45, 7) is 2.19. The van der Waals surface area contributed by atoms with E-state index < -0.39 is 29.2 Å². The number of hydrogen-bond acceptors (Lipinski definition) is 15.